The quantitative estimate of drug-likeness (QED) is 0.359. The molecule has 3 aromatic heterocycles. The van der Waals surface area contributed by atoms with Gasteiger partial charge in [0.15, 0.2) is 0 Å². The van der Waals surface area contributed by atoms with Gasteiger partial charge in [0, 0.05) is 23.1 Å². The average molecular weight is 508 g/mol. The maximum absolute atomic E-state index is 13.6. The number of anilines is 1. The van der Waals surface area contributed by atoms with E-state index in [1.807, 2.05) is 0 Å². The molecule has 1 amide bonds. The molecule has 5 aromatic rings. The maximum atomic E-state index is 13.6. The van der Waals surface area contributed by atoms with E-state index in [0.717, 1.165) is 6.07 Å². The first kappa shape index (κ1) is 23.3. The number of carbonyl (C=O) groups excluding carboxylic acids is 1. The fourth-order valence-corrected chi connectivity index (χ4v) is 3.82. The van der Waals surface area contributed by atoms with Crippen molar-refractivity contribution in [2.24, 2.45) is 0 Å². The third-order valence-corrected chi connectivity index (χ3v) is 5.61. The summed E-state index contributed by atoms with van der Waals surface area (Å²) in [5.41, 5.74) is 1.22. The number of carbonyl (C=O) groups is 1. The zero-order chi connectivity index (χ0) is 25.4. The number of hydrogen-bond donors (Lipinski definition) is 1. The number of fused-ring (bicyclic) bond motifs is 1. The van der Waals surface area contributed by atoms with Gasteiger partial charge >= 0.3 is 0 Å². The minimum absolute atomic E-state index is 0.0425. The molecule has 0 aliphatic carbocycles. The Morgan fingerprint density at radius 1 is 1.11 bits per heavy atom. The second kappa shape index (κ2) is 9.31. The number of benzene rings is 2. The first-order valence-corrected chi connectivity index (χ1v) is 11.0. The first-order chi connectivity index (χ1) is 17.3. The van der Waals surface area contributed by atoms with Crippen LogP contribution in [0, 0.1) is 18.6 Å². The summed E-state index contributed by atoms with van der Waals surface area (Å²) < 4.78 is 33.8. The maximum Gasteiger partial charge on any atom is 0.263 e. The SMILES string of the molecule is Cc1ccc2c(=O)c(-c3nc(-c4cccc(F)c4)no3)cn(CC(=O)Nc3ccc(F)c(Cl)c3)c2n1. The third-order valence-electron chi connectivity index (χ3n) is 5.32. The van der Waals surface area contributed by atoms with E-state index in [9.17, 15) is 18.4 Å². The summed E-state index contributed by atoms with van der Waals surface area (Å²) in [6.07, 6.45) is 1.40. The summed E-state index contributed by atoms with van der Waals surface area (Å²) in [5, 5.41) is 6.61. The van der Waals surface area contributed by atoms with Crippen molar-refractivity contribution in [1.82, 2.24) is 19.7 Å². The molecule has 0 saturated heterocycles. The van der Waals surface area contributed by atoms with Crippen LogP contribution < -0.4 is 10.7 Å². The van der Waals surface area contributed by atoms with E-state index in [1.165, 1.54) is 41.1 Å². The van der Waals surface area contributed by atoms with Crippen molar-refractivity contribution >= 4 is 34.2 Å². The number of amides is 1. The lowest BCUT2D eigenvalue weighted by atomic mass is 10.1. The molecule has 0 fully saturated rings. The highest BCUT2D eigenvalue weighted by atomic mass is 35.5. The normalized spacial score (nSPS) is 11.1. The van der Waals surface area contributed by atoms with Crippen LogP contribution in [0.5, 0.6) is 0 Å². The monoisotopic (exact) mass is 507 g/mol. The van der Waals surface area contributed by atoms with E-state index in [2.05, 4.69) is 20.4 Å². The second-order valence-corrected chi connectivity index (χ2v) is 8.34. The van der Waals surface area contributed by atoms with Gasteiger partial charge in [0.05, 0.1) is 10.4 Å². The lowest BCUT2D eigenvalue weighted by molar-refractivity contribution is -0.116. The van der Waals surface area contributed by atoms with E-state index in [4.69, 9.17) is 16.1 Å². The van der Waals surface area contributed by atoms with Crippen LogP contribution in [0.25, 0.3) is 33.9 Å². The molecular formula is C25H16ClF2N5O3. The topological polar surface area (TPSA) is 103 Å². The number of halogens is 3. The molecule has 0 radical (unpaired) electrons. The highest BCUT2D eigenvalue weighted by Crippen LogP contribution is 2.23. The van der Waals surface area contributed by atoms with E-state index in [1.54, 1.807) is 25.1 Å². The zero-order valence-electron chi connectivity index (χ0n) is 18.6. The van der Waals surface area contributed by atoms with Gasteiger partial charge in [-0.15, -0.1) is 0 Å². The van der Waals surface area contributed by atoms with Crippen molar-refractivity contribution in [3.05, 3.63) is 93.4 Å². The van der Waals surface area contributed by atoms with Gasteiger partial charge in [-0.1, -0.05) is 28.9 Å². The standard InChI is InChI=1S/C25H16ClF2N5O3/c1-13-5-7-17-22(35)18(25-31-23(32-36-25)14-3-2-4-15(27)9-14)11-33(24(17)29-13)12-21(34)30-16-6-8-20(28)19(26)10-16/h2-11H,12H2,1H3,(H,30,34). The summed E-state index contributed by atoms with van der Waals surface area (Å²) in [6.45, 7) is 1.52. The van der Waals surface area contributed by atoms with Crippen LogP contribution in [0.2, 0.25) is 5.02 Å². The predicted molar refractivity (Wildman–Crippen MR) is 129 cm³/mol. The highest BCUT2D eigenvalue weighted by Gasteiger charge is 2.19. The molecule has 36 heavy (non-hydrogen) atoms. The van der Waals surface area contributed by atoms with Crippen molar-refractivity contribution in [3.63, 3.8) is 0 Å². The first-order valence-electron chi connectivity index (χ1n) is 10.6. The Bertz CT molecular complexity index is 1700. The van der Waals surface area contributed by atoms with Crippen LogP contribution in [0.1, 0.15) is 5.69 Å². The van der Waals surface area contributed by atoms with Gasteiger partial charge in [-0.05, 0) is 49.4 Å². The summed E-state index contributed by atoms with van der Waals surface area (Å²) in [5.74, 6) is -1.54. The molecule has 5 rings (SSSR count). The van der Waals surface area contributed by atoms with Crippen molar-refractivity contribution in [1.29, 1.82) is 0 Å². The molecule has 0 saturated carbocycles. The van der Waals surface area contributed by atoms with Crippen LogP contribution in [-0.2, 0) is 11.3 Å². The van der Waals surface area contributed by atoms with Gasteiger partial charge in [0.1, 0.15) is 29.4 Å². The van der Waals surface area contributed by atoms with Gasteiger partial charge in [0.2, 0.25) is 17.2 Å². The van der Waals surface area contributed by atoms with Crippen molar-refractivity contribution in [2.75, 3.05) is 5.32 Å². The molecule has 11 heteroatoms. The number of aryl methyl sites for hydroxylation is 1. The van der Waals surface area contributed by atoms with E-state index in [0.29, 0.717) is 16.9 Å². The Morgan fingerprint density at radius 2 is 1.94 bits per heavy atom. The lowest BCUT2D eigenvalue weighted by Gasteiger charge is -2.12. The van der Waals surface area contributed by atoms with E-state index in [-0.39, 0.29) is 39.9 Å². The van der Waals surface area contributed by atoms with Gasteiger partial charge in [0.25, 0.3) is 5.89 Å². The Kier molecular flexibility index (Phi) is 6.03. The third kappa shape index (κ3) is 4.58. The molecule has 1 N–H and O–H groups in total. The smallest absolute Gasteiger partial charge is 0.263 e. The molecular weight excluding hydrogens is 492 g/mol. The fraction of sp³-hybridized carbons (Fsp3) is 0.0800. The van der Waals surface area contributed by atoms with Crippen LogP contribution >= 0.6 is 11.6 Å². The van der Waals surface area contributed by atoms with Crippen LogP contribution in [0.15, 0.2) is 70.1 Å². The fourth-order valence-electron chi connectivity index (χ4n) is 3.64. The molecule has 2 aromatic carbocycles. The number of pyridine rings is 2. The Labute approximate surface area is 207 Å². The van der Waals surface area contributed by atoms with Crippen LogP contribution in [-0.4, -0.2) is 25.6 Å². The Balaban J connectivity index is 1.54. The summed E-state index contributed by atoms with van der Waals surface area (Å²) in [4.78, 5) is 34.7. The molecule has 180 valence electrons. The Morgan fingerprint density at radius 3 is 2.72 bits per heavy atom. The number of nitrogens with one attached hydrogen (secondary N) is 1. The van der Waals surface area contributed by atoms with Crippen LogP contribution in [0.4, 0.5) is 14.5 Å². The van der Waals surface area contributed by atoms with Crippen molar-refractivity contribution < 1.29 is 18.1 Å². The summed E-state index contributed by atoms with van der Waals surface area (Å²) in [6, 6.07) is 12.7. The van der Waals surface area contributed by atoms with Gasteiger partial charge < -0.3 is 14.4 Å². The zero-order valence-corrected chi connectivity index (χ0v) is 19.4. The highest BCUT2D eigenvalue weighted by molar-refractivity contribution is 6.31. The number of aromatic nitrogens is 4. The molecule has 8 nitrogen and oxygen atoms in total. The minimum atomic E-state index is -0.609. The molecule has 0 unspecified atom stereocenters. The number of rotatable bonds is 5. The molecule has 3 heterocycles. The minimum Gasteiger partial charge on any atom is -0.333 e. The van der Waals surface area contributed by atoms with Crippen molar-refractivity contribution in [3.8, 4) is 22.8 Å². The van der Waals surface area contributed by atoms with Gasteiger partial charge in [-0.25, -0.2) is 13.8 Å². The number of hydrogen-bond acceptors (Lipinski definition) is 6. The van der Waals surface area contributed by atoms with Crippen LogP contribution in [0.3, 0.4) is 0 Å². The lowest BCUT2D eigenvalue weighted by Crippen LogP contribution is -2.22. The number of nitrogens with zero attached hydrogens (tertiary/aromatic N) is 4. The molecule has 0 spiro atoms. The Hall–Kier alpha value is -4.44. The van der Waals surface area contributed by atoms with Crippen molar-refractivity contribution in [2.45, 2.75) is 13.5 Å². The van der Waals surface area contributed by atoms with E-state index >= 15 is 0 Å². The average Bonchev–Trinajstić information content (AvgIpc) is 3.33. The largest absolute Gasteiger partial charge is 0.333 e. The van der Waals surface area contributed by atoms with E-state index < -0.39 is 23.0 Å². The molecule has 0 bridgehead atoms. The second-order valence-electron chi connectivity index (χ2n) is 7.93. The molecule has 0 aliphatic rings. The van der Waals surface area contributed by atoms with Gasteiger partial charge in [-0.3, -0.25) is 9.59 Å². The predicted octanol–water partition coefficient (Wildman–Crippen LogP) is 4.99. The summed E-state index contributed by atoms with van der Waals surface area (Å²) in [7, 11) is 0. The van der Waals surface area contributed by atoms with Gasteiger partial charge in [-0.2, -0.15) is 4.98 Å². The molecule has 0 aliphatic heterocycles. The molecule has 0 atom stereocenters. The summed E-state index contributed by atoms with van der Waals surface area (Å²) >= 11 is 5.79.